The zero-order valence-electron chi connectivity index (χ0n) is 8.84. The van der Waals surface area contributed by atoms with Gasteiger partial charge in [0.2, 0.25) is 0 Å². The standard InChI is InChI=1S/C12H21N/c1-3-12-6-8-4-10(8)9(7-12)5-11(12)13-2/h8-11,13H,3-7H2,1-2H3. The van der Waals surface area contributed by atoms with E-state index in [0.29, 0.717) is 5.41 Å². The van der Waals surface area contributed by atoms with Gasteiger partial charge < -0.3 is 5.32 Å². The third-order valence-corrected chi connectivity index (χ3v) is 5.25. The highest BCUT2D eigenvalue weighted by Crippen LogP contribution is 2.66. The lowest BCUT2D eigenvalue weighted by atomic mass is 9.72. The summed E-state index contributed by atoms with van der Waals surface area (Å²) in [5.74, 6) is 3.38. The van der Waals surface area contributed by atoms with Gasteiger partial charge in [-0.1, -0.05) is 6.92 Å². The molecule has 3 rings (SSSR count). The number of rotatable bonds is 2. The Morgan fingerprint density at radius 3 is 2.54 bits per heavy atom. The molecule has 1 nitrogen and oxygen atoms in total. The van der Waals surface area contributed by atoms with Crippen molar-refractivity contribution in [3.63, 3.8) is 0 Å². The third-order valence-electron chi connectivity index (χ3n) is 5.25. The molecule has 0 spiro atoms. The van der Waals surface area contributed by atoms with Gasteiger partial charge in [0.25, 0.3) is 0 Å². The van der Waals surface area contributed by atoms with Crippen molar-refractivity contribution in [3.05, 3.63) is 0 Å². The molecular weight excluding hydrogens is 158 g/mol. The van der Waals surface area contributed by atoms with Crippen molar-refractivity contribution in [1.29, 1.82) is 0 Å². The van der Waals surface area contributed by atoms with E-state index in [1.807, 2.05) is 0 Å². The van der Waals surface area contributed by atoms with Gasteiger partial charge >= 0.3 is 0 Å². The summed E-state index contributed by atoms with van der Waals surface area (Å²) in [6.45, 7) is 2.40. The van der Waals surface area contributed by atoms with Gasteiger partial charge in [0.15, 0.2) is 0 Å². The van der Waals surface area contributed by atoms with Gasteiger partial charge in [0.1, 0.15) is 0 Å². The van der Waals surface area contributed by atoms with Crippen molar-refractivity contribution in [2.24, 2.45) is 23.2 Å². The maximum atomic E-state index is 3.57. The normalized spacial score (nSPS) is 57.7. The molecule has 3 aliphatic rings. The van der Waals surface area contributed by atoms with Crippen LogP contribution in [0.4, 0.5) is 0 Å². The fraction of sp³-hybridized carbons (Fsp3) is 1.00. The average Bonchev–Trinajstić information content (AvgIpc) is 2.84. The monoisotopic (exact) mass is 179 g/mol. The predicted octanol–water partition coefficient (Wildman–Crippen LogP) is 2.42. The van der Waals surface area contributed by atoms with E-state index in [9.17, 15) is 0 Å². The second-order valence-electron chi connectivity index (χ2n) is 5.62. The largest absolute Gasteiger partial charge is 0.316 e. The Morgan fingerprint density at radius 1 is 1.23 bits per heavy atom. The summed E-state index contributed by atoms with van der Waals surface area (Å²) in [5.41, 5.74) is 0.705. The van der Waals surface area contributed by atoms with Crippen LogP contribution in [0.15, 0.2) is 0 Å². The Balaban J connectivity index is 1.88. The van der Waals surface area contributed by atoms with Crippen molar-refractivity contribution in [2.45, 2.75) is 45.1 Å². The summed E-state index contributed by atoms with van der Waals surface area (Å²) in [6, 6.07) is 0.843. The smallest absolute Gasteiger partial charge is 0.0123 e. The molecule has 0 heterocycles. The predicted molar refractivity (Wildman–Crippen MR) is 54.5 cm³/mol. The van der Waals surface area contributed by atoms with Gasteiger partial charge in [0, 0.05) is 6.04 Å². The molecular formula is C12H21N. The summed E-state index contributed by atoms with van der Waals surface area (Å²) in [5, 5.41) is 3.57. The fourth-order valence-corrected chi connectivity index (χ4v) is 4.42. The molecule has 3 aliphatic carbocycles. The minimum atomic E-state index is 0.705. The molecule has 0 aromatic carbocycles. The Kier molecular flexibility index (Phi) is 1.59. The van der Waals surface area contributed by atoms with Gasteiger partial charge in [-0.15, -0.1) is 0 Å². The maximum Gasteiger partial charge on any atom is 0.0123 e. The molecule has 74 valence electrons. The summed E-state index contributed by atoms with van der Waals surface area (Å²) in [4.78, 5) is 0. The molecule has 0 radical (unpaired) electrons. The highest BCUT2D eigenvalue weighted by atomic mass is 14.9. The lowest BCUT2D eigenvalue weighted by Crippen LogP contribution is -2.39. The number of nitrogens with one attached hydrogen (secondary N) is 1. The molecule has 0 amide bonds. The first-order chi connectivity index (χ1) is 6.29. The summed E-state index contributed by atoms with van der Waals surface area (Å²) in [7, 11) is 2.16. The minimum Gasteiger partial charge on any atom is -0.316 e. The van der Waals surface area contributed by atoms with E-state index >= 15 is 0 Å². The van der Waals surface area contributed by atoms with E-state index in [0.717, 1.165) is 23.8 Å². The highest BCUT2D eigenvalue weighted by Gasteiger charge is 2.60. The fourth-order valence-electron chi connectivity index (χ4n) is 4.42. The van der Waals surface area contributed by atoms with Crippen molar-refractivity contribution >= 4 is 0 Å². The SMILES string of the molecule is CCC12CC3CC3C(CC1NC)C2. The van der Waals surface area contributed by atoms with E-state index in [1.54, 1.807) is 6.42 Å². The van der Waals surface area contributed by atoms with Crippen molar-refractivity contribution < 1.29 is 0 Å². The van der Waals surface area contributed by atoms with Gasteiger partial charge in [-0.2, -0.15) is 0 Å². The minimum absolute atomic E-state index is 0.705. The van der Waals surface area contributed by atoms with E-state index in [-0.39, 0.29) is 0 Å². The van der Waals surface area contributed by atoms with Crippen LogP contribution in [0.5, 0.6) is 0 Å². The average molecular weight is 179 g/mol. The van der Waals surface area contributed by atoms with Crippen LogP contribution < -0.4 is 5.32 Å². The molecule has 0 aromatic rings. The molecule has 13 heavy (non-hydrogen) atoms. The first-order valence-electron chi connectivity index (χ1n) is 5.96. The number of fused-ring (bicyclic) bond motifs is 4. The molecule has 5 atom stereocenters. The Morgan fingerprint density at radius 2 is 1.92 bits per heavy atom. The van der Waals surface area contributed by atoms with Gasteiger partial charge in [-0.3, -0.25) is 0 Å². The molecule has 0 aliphatic heterocycles. The van der Waals surface area contributed by atoms with Gasteiger partial charge in [-0.05, 0) is 62.3 Å². The van der Waals surface area contributed by atoms with Crippen molar-refractivity contribution in [1.82, 2.24) is 5.32 Å². The van der Waals surface area contributed by atoms with Crippen molar-refractivity contribution in [3.8, 4) is 0 Å². The lowest BCUT2D eigenvalue weighted by molar-refractivity contribution is 0.162. The van der Waals surface area contributed by atoms with Crippen LogP contribution in [-0.4, -0.2) is 13.1 Å². The van der Waals surface area contributed by atoms with Crippen LogP contribution in [-0.2, 0) is 0 Å². The molecule has 0 saturated heterocycles. The van der Waals surface area contributed by atoms with E-state index in [1.165, 1.54) is 25.7 Å². The lowest BCUT2D eigenvalue weighted by Gasteiger charge is -2.36. The van der Waals surface area contributed by atoms with E-state index in [2.05, 4.69) is 19.3 Å². The molecule has 3 fully saturated rings. The second-order valence-corrected chi connectivity index (χ2v) is 5.62. The maximum absolute atomic E-state index is 3.57. The van der Waals surface area contributed by atoms with Gasteiger partial charge in [-0.25, -0.2) is 0 Å². The van der Waals surface area contributed by atoms with Crippen LogP contribution in [0.25, 0.3) is 0 Å². The molecule has 2 bridgehead atoms. The Bertz CT molecular complexity index is 221. The van der Waals surface area contributed by atoms with Crippen LogP contribution >= 0.6 is 0 Å². The molecule has 1 heteroatoms. The summed E-state index contributed by atoms with van der Waals surface area (Å²) >= 11 is 0. The van der Waals surface area contributed by atoms with E-state index < -0.39 is 0 Å². The Labute approximate surface area is 81.3 Å². The number of hydrogen-bond acceptors (Lipinski definition) is 1. The summed E-state index contributed by atoms with van der Waals surface area (Å²) in [6.07, 6.45) is 7.53. The zero-order chi connectivity index (χ0) is 9.05. The molecule has 1 N–H and O–H groups in total. The quantitative estimate of drug-likeness (QED) is 0.686. The van der Waals surface area contributed by atoms with Crippen molar-refractivity contribution in [2.75, 3.05) is 7.05 Å². The summed E-state index contributed by atoms with van der Waals surface area (Å²) < 4.78 is 0. The van der Waals surface area contributed by atoms with E-state index in [4.69, 9.17) is 0 Å². The highest BCUT2D eigenvalue weighted by molar-refractivity contribution is 5.11. The molecule has 3 saturated carbocycles. The van der Waals surface area contributed by atoms with Crippen LogP contribution in [0, 0.1) is 23.2 Å². The topological polar surface area (TPSA) is 12.0 Å². The second kappa shape index (κ2) is 2.50. The first-order valence-corrected chi connectivity index (χ1v) is 5.96. The number of hydrogen-bond donors (Lipinski definition) is 1. The van der Waals surface area contributed by atoms with Crippen LogP contribution in [0.1, 0.15) is 39.0 Å². The Hall–Kier alpha value is -0.0400. The van der Waals surface area contributed by atoms with Crippen LogP contribution in [0.3, 0.4) is 0 Å². The molecule has 0 aromatic heterocycles. The zero-order valence-corrected chi connectivity index (χ0v) is 8.84. The van der Waals surface area contributed by atoms with Crippen LogP contribution in [0.2, 0.25) is 0 Å². The first kappa shape index (κ1) is 8.28. The molecule has 5 unspecified atom stereocenters. The van der Waals surface area contributed by atoms with Gasteiger partial charge in [0.05, 0.1) is 0 Å². The third kappa shape index (κ3) is 0.971.